The molecule has 0 aromatic carbocycles. The summed E-state index contributed by atoms with van der Waals surface area (Å²) in [5, 5.41) is 0. The molecule has 0 radical (unpaired) electrons. The van der Waals surface area contributed by atoms with Gasteiger partial charge < -0.3 is 4.90 Å². The highest BCUT2D eigenvalue weighted by Gasteiger charge is 2.24. The molecule has 1 fully saturated rings. The third-order valence-corrected chi connectivity index (χ3v) is 2.58. The van der Waals surface area contributed by atoms with Gasteiger partial charge in [-0.05, 0) is 30.8 Å². The lowest BCUT2D eigenvalue weighted by atomic mass is 9.97. The molecule has 2 heteroatoms. The Bertz CT molecular complexity index is 198. The monoisotopic (exact) mass is 181 g/mol. The minimum absolute atomic E-state index is 0.0891. The van der Waals surface area contributed by atoms with Gasteiger partial charge in [0.15, 0.2) is 0 Å². The SMILES string of the molecule is C=CC(=O)N1CC[C@@H](CC(C)C)C1. The third-order valence-electron chi connectivity index (χ3n) is 2.58. The number of carbonyl (C=O) groups excluding carboxylic acids is 1. The first-order chi connectivity index (χ1) is 6.13. The zero-order valence-electron chi connectivity index (χ0n) is 8.62. The number of carbonyl (C=O) groups is 1. The molecule has 0 spiro atoms. The fourth-order valence-corrected chi connectivity index (χ4v) is 2.02. The predicted molar refractivity (Wildman–Crippen MR) is 54.3 cm³/mol. The van der Waals surface area contributed by atoms with Crippen molar-refractivity contribution in [3.05, 3.63) is 12.7 Å². The molecule has 0 saturated carbocycles. The summed E-state index contributed by atoms with van der Waals surface area (Å²) in [7, 11) is 0. The van der Waals surface area contributed by atoms with Crippen LogP contribution in [0.1, 0.15) is 26.7 Å². The van der Waals surface area contributed by atoms with Gasteiger partial charge in [-0.15, -0.1) is 0 Å². The molecule has 13 heavy (non-hydrogen) atoms. The second-order valence-electron chi connectivity index (χ2n) is 4.27. The van der Waals surface area contributed by atoms with E-state index < -0.39 is 0 Å². The molecule has 1 rings (SSSR count). The van der Waals surface area contributed by atoms with Gasteiger partial charge in [0.05, 0.1) is 0 Å². The second-order valence-corrected chi connectivity index (χ2v) is 4.27. The molecule has 0 aromatic rings. The summed E-state index contributed by atoms with van der Waals surface area (Å²) in [4.78, 5) is 13.2. The molecule has 0 N–H and O–H groups in total. The highest BCUT2D eigenvalue weighted by molar-refractivity contribution is 5.87. The van der Waals surface area contributed by atoms with E-state index in [1.807, 2.05) is 4.90 Å². The van der Waals surface area contributed by atoms with E-state index in [-0.39, 0.29) is 5.91 Å². The minimum Gasteiger partial charge on any atom is -0.339 e. The van der Waals surface area contributed by atoms with E-state index in [2.05, 4.69) is 20.4 Å². The summed E-state index contributed by atoms with van der Waals surface area (Å²) in [6, 6.07) is 0. The summed E-state index contributed by atoms with van der Waals surface area (Å²) < 4.78 is 0. The van der Waals surface area contributed by atoms with Crippen LogP contribution < -0.4 is 0 Å². The lowest BCUT2D eigenvalue weighted by molar-refractivity contribution is -0.125. The molecular formula is C11H19NO. The van der Waals surface area contributed by atoms with Gasteiger partial charge in [0.1, 0.15) is 0 Å². The van der Waals surface area contributed by atoms with Crippen LogP contribution in [0.2, 0.25) is 0 Å². The van der Waals surface area contributed by atoms with Crippen LogP contribution in [-0.2, 0) is 4.79 Å². The molecule has 0 aliphatic carbocycles. The highest BCUT2D eigenvalue weighted by Crippen LogP contribution is 2.23. The van der Waals surface area contributed by atoms with Crippen molar-refractivity contribution in [2.75, 3.05) is 13.1 Å². The van der Waals surface area contributed by atoms with Crippen molar-refractivity contribution in [2.45, 2.75) is 26.7 Å². The largest absolute Gasteiger partial charge is 0.339 e. The fourth-order valence-electron chi connectivity index (χ4n) is 2.02. The lowest BCUT2D eigenvalue weighted by Gasteiger charge is -2.15. The Kier molecular flexibility index (Phi) is 3.52. The summed E-state index contributed by atoms with van der Waals surface area (Å²) in [6.45, 7) is 9.82. The van der Waals surface area contributed by atoms with Gasteiger partial charge in [-0.1, -0.05) is 20.4 Å². The van der Waals surface area contributed by atoms with Crippen LogP contribution >= 0.6 is 0 Å². The highest BCUT2D eigenvalue weighted by atomic mass is 16.2. The third kappa shape index (κ3) is 2.87. The van der Waals surface area contributed by atoms with E-state index in [0.717, 1.165) is 25.4 Å². The molecule has 1 heterocycles. The number of amides is 1. The predicted octanol–water partition coefficient (Wildman–Crippen LogP) is 2.07. The summed E-state index contributed by atoms with van der Waals surface area (Å²) in [5.41, 5.74) is 0. The van der Waals surface area contributed by atoms with Gasteiger partial charge >= 0.3 is 0 Å². The van der Waals surface area contributed by atoms with E-state index in [1.165, 1.54) is 12.5 Å². The van der Waals surface area contributed by atoms with E-state index in [0.29, 0.717) is 5.92 Å². The molecule has 0 aromatic heterocycles. The van der Waals surface area contributed by atoms with E-state index in [4.69, 9.17) is 0 Å². The van der Waals surface area contributed by atoms with E-state index in [9.17, 15) is 4.79 Å². The first-order valence-corrected chi connectivity index (χ1v) is 5.04. The summed E-state index contributed by atoms with van der Waals surface area (Å²) in [5.74, 6) is 1.54. The summed E-state index contributed by atoms with van der Waals surface area (Å²) in [6.07, 6.45) is 3.82. The zero-order valence-corrected chi connectivity index (χ0v) is 8.62. The molecule has 0 unspecified atom stereocenters. The molecule has 0 bridgehead atoms. The van der Waals surface area contributed by atoms with Crippen LogP contribution in [-0.4, -0.2) is 23.9 Å². The topological polar surface area (TPSA) is 20.3 Å². The number of likely N-dealkylation sites (tertiary alicyclic amines) is 1. The Morgan fingerprint density at radius 1 is 1.69 bits per heavy atom. The Morgan fingerprint density at radius 3 is 2.92 bits per heavy atom. The maximum Gasteiger partial charge on any atom is 0.245 e. The average Bonchev–Trinajstić information content (AvgIpc) is 2.50. The van der Waals surface area contributed by atoms with Crippen molar-refractivity contribution in [1.82, 2.24) is 4.90 Å². The van der Waals surface area contributed by atoms with Crippen LogP contribution in [0.5, 0.6) is 0 Å². The standard InChI is InChI=1S/C11H19NO/c1-4-11(13)12-6-5-10(8-12)7-9(2)3/h4,9-10H,1,5-8H2,2-3H3/t10-/m0/s1. The Balaban J connectivity index is 2.36. The van der Waals surface area contributed by atoms with Crippen molar-refractivity contribution < 1.29 is 4.79 Å². The molecular weight excluding hydrogens is 162 g/mol. The Hall–Kier alpha value is -0.790. The van der Waals surface area contributed by atoms with Gasteiger partial charge in [0.2, 0.25) is 5.91 Å². The maximum atomic E-state index is 11.3. The van der Waals surface area contributed by atoms with Crippen molar-refractivity contribution in [3.8, 4) is 0 Å². The molecule has 1 amide bonds. The quantitative estimate of drug-likeness (QED) is 0.610. The van der Waals surface area contributed by atoms with Gasteiger partial charge in [-0.25, -0.2) is 0 Å². The van der Waals surface area contributed by atoms with E-state index in [1.54, 1.807) is 0 Å². The van der Waals surface area contributed by atoms with Crippen molar-refractivity contribution in [2.24, 2.45) is 11.8 Å². The van der Waals surface area contributed by atoms with Gasteiger partial charge in [-0.3, -0.25) is 4.79 Å². The van der Waals surface area contributed by atoms with Crippen LogP contribution in [0, 0.1) is 11.8 Å². The zero-order chi connectivity index (χ0) is 9.84. The Labute approximate surface area is 80.6 Å². The Morgan fingerprint density at radius 2 is 2.38 bits per heavy atom. The minimum atomic E-state index is 0.0891. The average molecular weight is 181 g/mol. The van der Waals surface area contributed by atoms with Crippen molar-refractivity contribution in [3.63, 3.8) is 0 Å². The number of hydrogen-bond acceptors (Lipinski definition) is 1. The molecule has 1 aliphatic rings. The smallest absolute Gasteiger partial charge is 0.245 e. The second kappa shape index (κ2) is 4.45. The fraction of sp³-hybridized carbons (Fsp3) is 0.727. The molecule has 1 atom stereocenters. The van der Waals surface area contributed by atoms with Crippen molar-refractivity contribution in [1.29, 1.82) is 0 Å². The van der Waals surface area contributed by atoms with Crippen LogP contribution in [0.3, 0.4) is 0 Å². The first kappa shape index (κ1) is 10.3. The lowest BCUT2D eigenvalue weighted by Crippen LogP contribution is -2.26. The van der Waals surface area contributed by atoms with E-state index >= 15 is 0 Å². The normalized spacial score (nSPS) is 22.4. The van der Waals surface area contributed by atoms with Crippen molar-refractivity contribution >= 4 is 5.91 Å². The number of hydrogen-bond donors (Lipinski definition) is 0. The van der Waals surface area contributed by atoms with Crippen LogP contribution in [0.4, 0.5) is 0 Å². The summed E-state index contributed by atoms with van der Waals surface area (Å²) >= 11 is 0. The molecule has 2 nitrogen and oxygen atoms in total. The van der Waals surface area contributed by atoms with Gasteiger partial charge in [0, 0.05) is 13.1 Å². The first-order valence-electron chi connectivity index (χ1n) is 5.04. The molecule has 74 valence electrons. The number of nitrogens with zero attached hydrogens (tertiary/aromatic N) is 1. The van der Waals surface area contributed by atoms with Gasteiger partial charge in [0.25, 0.3) is 0 Å². The van der Waals surface area contributed by atoms with Crippen LogP contribution in [0.25, 0.3) is 0 Å². The maximum absolute atomic E-state index is 11.3. The number of rotatable bonds is 3. The van der Waals surface area contributed by atoms with Gasteiger partial charge in [-0.2, -0.15) is 0 Å². The molecule has 1 aliphatic heterocycles. The van der Waals surface area contributed by atoms with Crippen LogP contribution in [0.15, 0.2) is 12.7 Å². The molecule has 1 saturated heterocycles.